The van der Waals surface area contributed by atoms with Crippen molar-refractivity contribution in [2.45, 2.75) is 51.0 Å². The zero-order valence-electron chi connectivity index (χ0n) is 14.1. The number of nitrogens with two attached hydrogens (primary N) is 1. The largest absolute Gasteiger partial charge is 0.494 e. The number of quaternary nitrogens is 1. The highest BCUT2D eigenvalue weighted by Gasteiger charge is 2.17. The third kappa shape index (κ3) is 5.49. The van der Waals surface area contributed by atoms with E-state index in [1.54, 1.807) is 0 Å². The van der Waals surface area contributed by atoms with Gasteiger partial charge < -0.3 is 15.4 Å². The molecule has 1 amide bonds. The Kier molecular flexibility index (Phi) is 6.99. The van der Waals surface area contributed by atoms with Crippen LogP contribution in [0.25, 0.3) is 0 Å². The second-order valence-electron chi connectivity index (χ2n) is 6.23. The number of nitrogens with zero attached hydrogens (tertiary/aromatic N) is 1. The molecule has 0 aromatic heterocycles. The first-order valence-electron chi connectivity index (χ1n) is 8.55. The van der Waals surface area contributed by atoms with Crippen LogP contribution in [0.2, 0.25) is 0 Å². The molecule has 1 saturated carbocycles. The van der Waals surface area contributed by atoms with Gasteiger partial charge in [0.05, 0.1) is 29.8 Å². The minimum Gasteiger partial charge on any atom is -0.494 e. The van der Waals surface area contributed by atoms with Crippen LogP contribution < -0.4 is 15.4 Å². The number of non-ortho nitro benzene ring substituents is 1. The normalized spacial score (nSPS) is 16.0. The first-order chi connectivity index (χ1) is 11.6. The molecule has 7 heteroatoms. The summed E-state index contributed by atoms with van der Waals surface area (Å²) in [5.41, 5.74) is 0.394. The molecule has 0 saturated heterocycles. The predicted octanol–water partition coefficient (Wildman–Crippen LogP) is 2.22. The summed E-state index contributed by atoms with van der Waals surface area (Å²) in [5.74, 6) is 0.174. The monoisotopic (exact) mass is 336 g/mol. The molecule has 7 nitrogen and oxygen atoms in total. The van der Waals surface area contributed by atoms with E-state index in [2.05, 4.69) is 10.6 Å². The molecule has 2 rings (SSSR count). The van der Waals surface area contributed by atoms with E-state index in [-0.39, 0.29) is 11.6 Å². The van der Waals surface area contributed by atoms with Gasteiger partial charge in [0.25, 0.3) is 11.6 Å². The quantitative estimate of drug-likeness (QED) is 0.615. The molecule has 1 aromatic rings. The van der Waals surface area contributed by atoms with Gasteiger partial charge in [0, 0.05) is 6.07 Å². The van der Waals surface area contributed by atoms with E-state index in [4.69, 9.17) is 4.74 Å². The molecule has 3 N–H and O–H groups in total. The molecule has 1 aliphatic rings. The van der Waals surface area contributed by atoms with Gasteiger partial charge in [0.2, 0.25) is 0 Å². The average molecular weight is 336 g/mol. The maximum atomic E-state index is 12.2. The van der Waals surface area contributed by atoms with Crippen molar-refractivity contribution in [2.24, 2.45) is 0 Å². The molecule has 0 heterocycles. The second kappa shape index (κ2) is 9.22. The molecule has 24 heavy (non-hydrogen) atoms. The fraction of sp³-hybridized carbons (Fsp3) is 0.588. The van der Waals surface area contributed by atoms with Crippen molar-refractivity contribution in [3.63, 3.8) is 0 Å². The summed E-state index contributed by atoms with van der Waals surface area (Å²) < 4.78 is 5.13. The van der Waals surface area contributed by atoms with Crippen molar-refractivity contribution in [3.8, 4) is 5.75 Å². The molecule has 0 bridgehead atoms. The number of anilines is 1. The standard InChI is InChI=1S/C17H25N3O4/c1-24-16-11-14(20(22)23)9-10-15(16)19-17(21)12-18-13-7-5-3-2-4-6-8-13/h9-11,13,18H,2-8,12H2,1H3,(H,19,21)/p+1. The van der Waals surface area contributed by atoms with Crippen molar-refractivity contribution >= 4 is 17.3 Å². The van der Waals surface area contributed by atoms with E-state index in [0.717, 1.165) is 12.8 Å². The van der Waals surface area contributed by atoms with Crippen LogP contribution in [-0.2, 0) is 4.79 Å². The maximum absolute atomic E-state index is 12.2. The fourth-order valence-corrected chi connectivity index (χ4v) is 3.10. The minimum absolute atomic E-state index is 0.0640. The van der Waals surface area contributed by atoms with Crippen LogP contribution in [0.1, 0.15) is 44.9 Å². The Morgan fingerprint density at radius 1 is 1.29 bits per heavy atom. The number of nitro benzene ring substituents is 1. The Labute approximate surface area is 141 Å². The first kappa shape index (κ1) is 18.2. The Bertz CT molecular complexity index is 569. The van der Waals surface area contributed by atoms with Gasteiger partial charge >= 0.3 is 0 Å². The number of carbonyl (C=O) groups excluding carboxylic acids is 1. The highest BCUT2D eigenvalue weighted by atomic mass is 16.6. The number of ether oxygens (including phenoxy) is 1. The van der Waals surface area contributed by atoms with Gasteiger partial charge in [-0.3, -0.25) is 14.9 Å². The number of nitrogens with one attached hydrogen (secondary N) is 1. The van der Waals surface area contributed by atoms with E-state index in [0.29, 0.717) is 24.0 Å². The van der Waals surface area contributed by atoms with E-state index in [1.165, 1.54) is 57.4 Å². The summed E-state index contributed by atoms with van der Waals surface area (Å²) in [6.07, 6.45) is 8.69. The highest BCUT2D eigenvalue weighted by Crippen LogP contribution is 2.28. The van der Waals surface area contributed by atoms with Gasteiger partial charge in [0.15, 0.2) is 6.54 Å². The SMILES string of the molecule is COc1cc([N+](=O)[O-])ccc1NC(=O)C[NH2+]C1CCCCCCC1. The summed E-state index contributed by atoms with van der Waals surface area (Å²) in [5, 5.41) is 15.7. The zero-order chi connectivity index (χ0) is 17.4. The molecule has 0 atom stereocenters. The predicted molar refractivity (Wildman–Crippen MR) is 91.2 cm³/mol. The van der Waals surface area contributed by atoms with Gasteiger partial charge in [-0.1, -0.05) is 19.3 Å². The highest BCUT2D eigenvalue weighted by molar-refractivity contribution is 5.93. The van der Waals surface area contributed by atoms with Gasteiger partial charge in [-0.2, -0.15) is 0 Å². The number of amides is 1. The third-order valence-electron chi connectivity index (χ3n) is 4.46. The van der Waals surface area contributed by atoms with Gasteiger partial charge in [0.1, 0.15) is 5.75 Å². The van der Waals surface area contributed by atoms with Gasteiger partial charge in [-0.15, -0.1) is 0 Å². The summed E-state index contributed by atoms with van der Waals surface area (Å²) in [7, 11) is 1.43. The molecule has 0 aliphatic heterocycles. The first-order valence-corrected chi connectivity index (χ1v) is 8.55. The van der Waals surface area contributed by atoms with Crippen LogP contribution in [-0.4, -0.2) is 30.5 Å². The van der Waals surface area contributed by atoms with Crippen molar-refractivity contribution in [3.05, 3.63) is 28.3 Å². The smallest absolute Gasteiger partial charge is 0.279 e. The lowest BCUT2D eigenvalue weighted by Gasteiger charge is -2.18. The number of methoxy groups -OCH3 is 1. The van der Waals surface area contributed by atoms with Crippen molar-refractivity contribution in [2.75, 3.05) is 19.0 Å². The number of nitro groups is 1. The van der Waals surface area contributed by atoms with Crippen molar-refractivity contribution in [1.29, 1.82) is 0 Å². The average Bonchev–Trinajstić information content (AvgIpc) is 2.54. The molecular weight excluding hydrogens is 310 g/mol. The molecule has 1 aliphatic carbocycles. The number of benzene rings is 1. The Hall–Kier alpha value is -2.15. The topological polar surface area (TPSA) is 98.1 Å². The zero-order valence-corrected chi connectivity index (χ0v) is 14.1. The lowest BCUT2D eigenvalue weighted by atomic mass is 9.97. The fourth-order valence-electron chi connectivity index (χ4n) is 3.10. The van der Waals surface area contributed by atoms with Gasteiger partial charge in [-0.25, -0.2) is 0 Å². The van der Waals surface area contributed by atoms with Gasteiger partial charge in [-0.05, 0) is 31.7 Å². The lowest BCUT2D eigenvalue weighted by molar-refractivity contribution is -0.680. The van der Waals surface area contributed by atoms with E-state index >= 15 is 0 Å². The van der Waals surface area contributed by atoms with Crippen molar-refractivity contribution < 1.29 is 19.8 Å². The molecule has 1 fully saturated rings. The third-order valence-corrected chi connectivity index (χ3v) is 4.46. The summed E-state index contributed by atoms with van der Waals surface area (Å²) in [4.78, 5) is 22.5. The number of carbonyl (C=O) groups is 1. The number of rotatable bonds is 6. The Balaban J connectivity index is 1.88. The molecular formula is C17H26N3O4+. The summed E-state index contributed by atoms with van der Waals surface area (Å²) >= 11 is 0. The van der Waals surface area contributed by atoms with E-state index in [1.807, 2.05) is 0 Å². The van der Waals surface area contributed by atoms with Crippen LogP contribution in [0.15, 0.2) is 18.2 Å². The molecule has 0 unspecified atom stereocenters. The van der Waals surface area contributed by atoms with Crippen LogP contribution >= 0.6 is 0 Å². The number of hydrogen-bond donors (Lipinski definition) is 2. The lowest BCUT2D eigenvalue weighted by Crippen LogP contribution is -2.91. The Morgan fingerprint density at radius 2 is 1.96 bits per heavy atom. The maximum Gasteiger partial charge on any atom is 0.279 e. The van der Waals surface area contributed by atoms with E-state index < -0.39 is 4.92 Å². The minimum atomic E-state index is -0.490. The van der Waals surface area contributed by atoms with Crippen molar-refractivity contribution in [1.82, 2.24) is 0 Å². The second-order valence-corrected chi connectivity index (χ2v) is 6.23. The molecule has 1 aromatic carbocycles. The number of hydrogen-bond acceptors (Lipinski definition) is 4. The molecule has 0 radical (unpaired) electrons. The van der Waals surface area contributed by atoms with Crippen LogP contribution in [0.5, 0.6) is 5.75 Å². The van der Waals surface area contributed by atoms with Crippen LogP contribution in [0.4, 0.5) is 11.4 Å². The Morgan fingerprint density at radius 3 is 2.58 bits per heavy atom. The van der Waals surface area contributed by atoms with Crippen LogP contribution in [0.3, 0.4) is 0 Å². The molecule has 132 valence electrons. The van der Waals surface area contributed by atoms with E-state index in [9.17, 15) is 14.9 Å². The molecule has 0 spiro atoms. The van der Waals surface area contributed by atoms with Crippen LogP contribution in [0, 0.1) is 10.1 Å². The summed E-state index contributed by atoms with van der Waals surface area (Å²) in [6, 6.07) is 4.69. The summed E-state index contributed by atoms with van der Waals surface area (Å²) in [6.45, 7) is 0.352.